The number of nitrogens with zero attached hydrogens (tertiary/aromatic N) is 2. The largest absolute Gasteiger partial charge is 0.504 e. The van der Waals surface area contributed by atoms with E-state index in [0.29, 0.717) is 37.2 Å². The van der Waals surface area contributed by atoms with Crippen LogP contribution in [0.5, 0.6) is 11.5 Å². The van der Waals surface area contributed by atoms with Crippen molar-refractivity contribution in [3.8, 4) is 11.5 Å². The van der Waals surface area contributed by atoms with Crippen LogP contribution in [0.3, 0.4) is 0 Å². The van der Waals surface area contributed by atoms with Crippen LogP contribution in [0, 0.1) is 5.82 Å². The van der Waals surface area contributed by atoms with Crippen LogP contribution in [0.15, 0.2) is 42.5 Å². The van der Waals surface area contributed by atoms with E-state index < -0.39 is 21.4 Å². The summed E-state index contributed by atoms with van der Waals surface area (Å²) in [6.45, 7) is 7.35. The molecule has 174 valence electrons. The number of hydrogen-bond acceptors (Lipinski definition) is 5. The van der Waals surface area contributed by atoms with Crippen molar-refractivity contribution in [3.63, 3.8) is 0 Å². The molecule has 1 spiro atoms. The summed E-state index contributed by atoms with van der Waals surface area (Å²) >= 11 is 0. The molecule has 2 fully saturated rings. The molecule has 2 aromatic rings. The van der Waals surface area contributed by atoms with Gasteiger partial charge in [0.25, 0.3) is 0 Å². The summed E-state index contributed by atoms with van der Waals surface area (Å²) in [5.74, 6) is 0.245. The van der Waals surface area contributed by atoms with Gasteiger partial charge in [-0.25, -0.2) is 12.8 Å². The molecule has 2 aliphatic heterocycles. The highest BCUT2D eigenvalue weighted by molar-refractivity contribution is 7.93. The maximum Gasteiger partial charge on any atom is 0.235 e. The molecule has 32 heavy (non-hydrogen) atoms. The van der Waals surface area contributed by atoms with Gasteiger partial charge < -0.3 is 9.84 Å². The topological polar surface area (TPSA) is 70.1 Å². The molecule has 1 N–H and O–H groups in total. The molecular weight excluding hydrogens is 431 g/mol. The Labute approximate surface area is 189 Å². The second-order valence-electron chi connectivity index (χ2n) is 9.28. The first-order valence-corrected chi connectivity index (χ1v) is 12.7. The smallest absolute Gasteiger partial charge is 0.235 e. The number of phenolic OH excluding ortho intramolecular Hbond substituents is 1. The van der Waals surface area contributed by atoms with Crippen molar-refractivity contribution < 1.29 is 22.7 Å². The summed E-state index contributed by atoms with van der Waals surface area (Å²) in [6, 6.07) is 11.4. The molecule has 2 saturated heterocycles. The highest BCUT2D eigenvalue weighted by atomic mass is 32.2. The van der Waals surface area contributed by atoms with Crippen molar-refractivity contribution >= 4 is 15.7 Å². The number of benzene rings is 2. The molecule has 0 aromatic heterocycles. The molecule has 2 atom stereocenters. The van der Waals surface area contributed by atoms with Gasteiger partial charge in [-0.1, -0.05) is 12.1 Å². The number of rotatable bonds is 5. The number of halogens is 1. The van der Waals surface area contributed by atoms with Crippen molar-refractivity contribution in [3.05, 3.63) is 53.8 Å². The van der Waals surface area contributed by atoms with Gasteiger partial charge in [0, 0.05) is 19.1 Å². The van der Waals surface area contributed by atoms with Crippen LogP contribution in [0.4, 0.5) is 10.1 Å². The Morgan fingerprint density at radius 1 is 1.22 bits per heavy atom. The SMILES string of the molecule is CC(C)Oc1cc(CN2CC[C@]3(CCS(=O)(=O)N3c3cccc(F)c3)C[C@@H]2C)ccc1O. The molecule has 0 bridgehead atoms. The zero-order valence-electron chi connectivity index (χ0n) is 18.8. The van der Waals surface area contributed by atoms with E-state index in [1.807, 2.05) is 26.0 Å². The zero-order chi connectivity index (χ0) is 23.1. The van der Waals surface area contributed by atoms with Crippen LogP contribution in [0.1, 0.15) is 45.6 Å². The number of phenols is 1. The van der Waals surface area contributed by atoms with E-state index in [1.165, 1.54) is 16.4 Å². The van der Waals surface area contributed by atoms with Gasteiger partial charge >= 0.3 is 0 Å². The molecule has 6 nitrogen and oxygen atoms in total. The highest BCUT2D eigenvalue weighted by Gasteiger charge is 2.52. The van der Waals surface area contributed by atoms with Gasteiger partial charge in [0.05, 0.1) is 23.1 Å². The second-order valence-corrected chi connectivity index (χ2v) is 11.2. The van der Waals surface area contributed by atoms with Gasteiger partial charge in [0.15, 0.2) is 11.5 Å². The Morgan fingerprint density at radius 2 is 2.00 bits per heavy atom. The minimum Gasteiger partial charge on any atom is -0.504 e. The number of aromatic hydroxyl groups is 1. The first-order chi connectivity index (χ1) is 15.1. The molecule has 2 heterocycles. The first kappa shape index (κ1) is 22.9. The summed E-state index contributed by atoms with van der Waals surface area (Å²) < 4.78 is 47.0. The van der Waals surface area contributed by atoms with Crippen molar-refractivity contribution in [1.82, 2.24) is 4.90 Å². The van der Waals surface area contributed by atoms with E-state index in [4.69, 9.17) is 4.74 Å². The summed E-state index contributed by atoms with van der Waals surface area (Å²) in [4.78, 5) is 2.32. The zero-order valence-corrected chi connectivity index (χ0v) is 19.6. The van der Waals surface area contributed by atoms with E-state index in [0.717, 1.165) is 12.1 Å². The molecule has 2 aliphatic rings. The molecule has 0 unspecified atom stereocenters. The molecule has 0 saturated carbocycles. The second kappa shape index (κ2) is 8.56. The fourth-order valence-corrected chi connectivity index (χ4v) is 7.19. The third-order valence-corrected chi connectivity index (χ3v) is 8.39. The normalized spacial score (nSPS) is 25.5. The number of hydrogen-bond donors (Lipinski definition) is 1. The van der Waals surface area contributed by atoms with Crippen molar-refractivity contribution in [2.75, 3.05) is 16.6 Å². The Hall–Kier alpha value is -2.32. The lowest BCUT2D eigenvalue weighted by Crippen LogP contribution is -2.56. The van der Waals surface area contributed by atoms with E-state index in [-0.39, 0.29) is 23.6 Å². The molecule has 2 aromatic carbocycles. The average molecular weight is 463 g/mol. The lowest BCUT2D eigenvalue weighted by molar-refractivity contribution is 0.102. The quantitative estimate of drug-likeness (QED) is 0.718. The van der Waals surface area contributed by atoms with Gasteiger partial charge in [-0.05, 0) is 75.9 Å². The van der Waals surface area contributed by atoms with Crippen LogP contribution in [-0.4, -0.2) is 48.4 Å². The maximum absolute atomic E-state index is 13.9. The van der Waals surface area contributed by atoms with E-state index in [2.05, 4.69) is 11.8 Å². The van der Waals surface area contributed by atoms with E-state index in [1.54, 1.807) is 18.2 Å². The third-order valence-electron chi connectivity index (χ3n) is 6.51. The standard InChI is InChI=1S/C24H31FN2O4S/c1-17(2)31-23-13-19(7-8-22(23)28)16-26-11-9-24(15-18(26)3)10-12-32(29,30)27(24)21-6-4-5-20(25)14-21/h4-8,13-14,17-18,28H,9-12,15-16H2,1-3H3/t18-,24-/m0/s1. The molecule has 0 radical (unpaired) electrons. The van der Waals surface area contributed by atoms with Crippen molar-refractivity contribution in [2.24, 2.45) is 0 Å². The van der Waals surface area contributed by atoms with Crippen LogP contribution < -0.4 is 9.04 Å². The van der Waals surface area contributed by atoms with Gasteiger partial charge in [-0.3, -0.25) is 9.21 Å². The number of piperidine rings is 1. The lowest BCUT2D eigenvalue weighted by Gasteiger charge is -2.47. The van der Waals surface area contributed by atoms with Crippen LogP contribution >= 0.6 is 0 Å². The summed E-state index contributed by atoms with van der Waals surface area (Å²) in [5, 5.41) is 10.1. The summed E-state index contributed by atoms with van der Waals surface area (Å²) in [7, 11) is -3.48. The summed E-state index contributed by atoms with van der Waals surface area (Å²) in [6.07, 6.45) is 1.87. The number of sulfonamides is 1. The number of ether oxygens (including phenoxy) is 1. The van der Waals surface area contributed by atoms with Crippen molar-refractivity contribution in [1.29, 1.82) is 0 Å². The average Bonchev–Trinajstić information content (AvgIpc) is 2.96. The van der Waals surface area contributed by atoms with Gasteiger partial charge in [0.1, 0.15) is 5.82 Å². The lowest BCUT2D eigenvalue weighted by atomic mass is 9.81. The Bertz CT molecular complexity index is 1090. The first-order valence-electron chi connectivity index (χ1n) is 11.1. The molecule has 0 amide bonds. The molecule has 8 heteroatoms. The van der Waals surface area contributed by atoms with E-state index >= 15 is 0 Å². The fraction of sp³-hybridized carbons (Fsp3) is 0.500. The minimum atomic E-state index is -3.48. The van der Waals surface area contributed by atoms with Crippen LogP contribution in [0.2, 0.25) is 0 Å². The van der Waals surface area contributed by atoms with Gasteiger partial charge in [-0.15, -0.1) is 0 Å². The minimum absolute atomic E-state index is 0.0389. The monoisotopic (exact) mass is 462 g/mol. The Balaban J connectivity index is 1.54. The van der Waals surface area contributed by atoms with Crippen molar-refractivity contribution in [2.45, 2.75) is 64.3 Å². The predicted octanol–water partition coefficient (Wildman–Crippen LogP) is 4.28. The number of anilines is 1. The highest BCUT2D eigenvalue weighted by Crippen LogP contribution is 2.45. The molecular formula is C24H31FN2O4S. The fourth-order valence-electron chi connectivity index (χ4n) is 5.08. The Kier molecular flexibility index (Phi) is 6.11. The van der Waals surface area contributed by atoms with Crippen LogP contribution in [-0.2, 0) is 16.6 Å². The van der Waals surface area contributed by atoms with Crippen LogP contribution in [0.25, 0.3) is 0 Å². The number of likely N-dealkylation sites (tertiary alicyclic amines) is 1. The maximum atomic E-state index is 13.9. The van der Waals surface area contributed by atoms with Gasteiger partial charge in [0.2, 0.25) is 10.0 Å². The molecule has 4 rings (SSSR count). The predicted molar refractivity (Wildman–Crippen MR) is 123 cm³/mol. The molecule has 0 aliphatic carbocycles. The van der Waals surface area contributed by atoms with E-state index in [9.17, 15) is 17.9 Å². The third kappa shape index (κ3) is 4.43. The summed E-state index contributed by atoms with van der Waals surface area (Å²) in [5.41, 5.74) is 0.920. The van der Waals surface area contributed by atoms with Gasteiger partial charge in [-0.2, -0.15) is 0 Å². The Morgan fingerprint density at radius 3 is 2.69 bits per heavy atom.